The van der Waals surface area contributed by atoms with Gasteiger partial charge in [0, 0.05) is 29.3 Å². The summed E-state index contributed by atoms with van der Waals surface area (Å²) in [6.07, 6.45) is 3.08. The molecular weight excluding hydrogens is 308 g/mol. The van der Waals surface area contributed by atoms with Gasteiger partial charge in [-0.05, 0) is 47.3 Å². The normalized spacial score (nSPS) is 27.4. The van der Waals surface area contributed by atoms with Crippen LogP contribution in [0.2, 0.25) is 0 Å². The molecule has 5 heteroatoms. The predicted octanol–water partition coefficient (Wildman–Crippen LogP) is 2.55. The maximum atomic E-state index is 11.7. The summed E-state index contributed by atoms with van der Waals surface area (Å²) in [6.45, 7) is 1.46. The van der Waals surface area contributed by atoms with Crippen molar-refractivity contribution in [3.63, 3.8) is 0 Å². The Morgan fingerprint density at radius 3 is 2.79 bits per heavy atom. The molecule has 3 rings (SSSR count). The van der Waals surface area contributed by atoms with E-state index >= 15 is 0 Å². The van der Waals surface area contributed by atoms with Gasteiger partial charge in [0.05, 0.1) is 0 Å². The first-order chi connectivity index (χ1) is 9.11. The summed E-state index contributed by atoms with van der Waals surface area (Å²) in [5.41, 5.74) is -0.00512. The van der Waals surface area contributed by atoms with Gasteiger partial charge < -0.3 is 10.4 Å². The highest BCUT2D eigenvalue weighted by atomic mass is 79.9. The van der Waals surface area contributed by atoms with Gasteiger partial charge in [0.15, 0.2) is 0 Å². The number of nitrogens with zero attached hydrogens (tertiary/aromatic N) is 1. The standard InChI is InChI=1S/C14H17BrN2O2/c15-11-3-1-2-4-12(11)16-14(13(18)19)7-8-17(9-14)10-5-6-10/h1-4,10,16H,5-9H2,(H,18,19). The molecule has 1 aromatic carbocycles. The Labute approximate surface area is 120 Å². The van der Waals surface area contributed by atoms with Crippen LogP contribution in [0.3, 0.4) is 0 Å². The third-order valence-electron chi connectivity index (χ3n) is 4.02. The van der Waals surface area contributed by atoms with E-state index in [4.69, 9.17) is 0 Å². The summed E-state index contributed by atoms with van der Waals surface area (Å²) in [4.78, 5) is 14.0. The minimum atomic E-state index is -0.855. The summed E-state index contributed by atoms with van der Waals surface area (Å²) in [6, 6.07) is 8.28. The van der Waals surface area contributed by atoms with Crippen LogP contribution in [0, 0.1) is 0 Å². The fourth-order valence-electron chi connectivity index (χ4n) is 2.74. The topological polar surface area (TPSA) is 52.6 Å². The molecule has 2 aliphatic rings. The molecule has 0 amide bonds. The molecule has 102 valence electrons. The van der Waals surface area contributed by atoms with Crippen LogP contribution in [-0.2, 0) is 4.79 Å². The van der Waals surface area contributed by atoms with E-state index in [0.717, 1.165) is 16.7 Å². The Balaban J connectivity index is 1.82. The average Bonchev–Trinajstić information content (AvgIpc) is 3.14. The van der Waals surface area contributed by atoms with Crippen molar-refractivity contribution in [1.82, 2.24) is 4.90 Å². The third-order valence-corrected chi connectivity index (χ3v) is 4.71. The first kappa shape index (κ1) is 12.9. The fourth-order valence-corrected chi connectivity index (χ4v) is 3.12. The summed E-state index contributed by atoms with van der Waals surface area (Å²) >= 11 is 3.46. The summed E-state index contributed by atoms with van der Waals surface area (Å²) in [5.74, 6) is -0.758. The van der Waals surface area contributed by atoms with Gasteiger partial charge in [0.1, 0.15) is 5.54 Å². The van der Waals surface area contributed by atoms with Gasteiger partial charge in [-0.1, -0.05) is 12.1 Å². The summed E-state index contributed by atoms with van der Waals surface area (Å²) in [5, 5.41) is 12.9. The molecule has 0 radical (unpaired) electrons. The first-order valence-electron chi connectivity index (χ1n) is 6.61. The minimum absolute atomic E-state index is 0.592. The summed E-state index contributed by atoms with van der Waals surface area (Å²) in [7, 11) is 0. The molecule has 0 bridgehead atoms. The Bertz CT molecular complexity index is 504. The van der Waals surface area contributed by atoms with E-state index in [2.05, 4.69) is 26.1 Å². The molecule has 1 saturated heterocycles. The van der Waals surface area contributed by atoms with Crippen LogP contribution in [0.15, 0.2) is 28.7 Å². The number of carboxylic acid groups (broad SMARTS) is 1. The molecule has 1 aliphatic heterocycles. The monoisotopic (exact) mass is 324 g/mol. The molecule has 0 aromatic heterocycles. The molecule has 1 atom stereocenters. The van der Waals surface area contributed by atoms with Gasteiger partial charge in [-0.3, -0.25) is 4.90 Å². The molecule has 2 fully saturated rings. The smallest absolute Gasteiger partial charge is 0.330 e. The lowest BCUT2D eigenvalue weighted by Gasteiger charge is -2.28. The highest BCUT2D eigenvalue weighted by Gasteiger charge is 2.48. The molecule has 1 aliphatic carbocycles. The predicted molar refractivity (Wildman–Crippen MR) is 77.3 cm³/mol. The number of carboxylic acids is 1. The van der Waals surface area contributed by atoms with Crippen LogP contribution < -0.4 is 5.32 Å². The van der Waals surface area contributed by atoms with Crippen LogP contribution in [0.1, 0.15) is 19.3 Å². The molecule has 0 spiro atoms. The molecule has 1 unspecified atom stereocenters. The molecule has 2 N–H and O–H groups in total. The lowest BCUT2D eigenvalue weighted by Crippen LogP contribution is -2.49. The fraction of sp³-hybridized carbons (Fsp3) is 0.500. The first-order valence-corrected chi connectivity index (χ1v) is 7.40. The Kier molecular flexibility index (Phi) is 3.27. The number of carbonyl (C=O) groups is 1. The zero-order valence-corrected chi connectivity index (χ0v) is 12.2. The number of likely N-dealkylation sites (tertiary alicyclic amines) is 1. The van der Waals surface area contributed by atoms with E-state index in [9.17, 15) is 9.90 Å². The number of anilines is 1. The van der Waals surface area contributed by atoms with Crippen molar-refractivity contribution in [2.45, 2.75) is 30.8 Å². The largest absolute Gasteiger partial charge is 0.479 e. The van der Waals surface area contributed by atoms with E-state index < -0.39 is 11.5 Å². The number of rotatable bonds is 4. The Hall–Kier alpha value is -1.07. The lowest BCUT2D eigenvalue weighted by atomic mass is 9.98. The van der Waals surface area contributed by atoms with Crippen molar-refractivity contribution < 1.29 is 9.90 Å². The van der Waals surface area contributed by atoms with Crippen molar-refractivity contribution in [2.75, 3.05) is 18.4 Å². The van der Waals surface area contributed by atoms with Crippen molar-refractivity contribution in [3.8, 4) is 0 Å². The van der Waals surface area contributed by atoms with Gasteiger partial charge in [0.2, 0.25) is 0 Å². The SMILES string of the molecule is O=C(O)C1(Nc2ccccc2Br)CCN(C2CC2)C1. The van der Waals surface area contributed by atoms with E-state index in [1.165, 1.54) is 12.8 Å². The second-order valence-electron chi connectivity index (χ2n) is 5.44. The maximum Gasteiger partial charge on any atom is 0.330 e. The quantitative estimate of drug-likeness (QED) is 0.893. The van der Waals surface area contributed by atoms with E-state index in [1.54, 1.807) is 0 Å². The second kappa shape index (κ2) is 4.80. The molecule has 1 saturated carbocycles. The number of hydrogen-bond acceptors (Lipinski definition) is 3. The van der Waals surface area contributed by atoms with Gasteiger partial charge >= 0.3 is 5.97 Å². The van der Waals surface area contributed by atoms with Crippen molar-refractivity contribution in [1.29, 1.82) is 0 Å². The minimum Gasteiger partial charge on any atom is -0.479 e. The average molecular weight is 325 g/mol. The maximum absolute atomic E-state index is 11.7. The highest BCUT2D eigenvalue weighted by Crippen LogP contribution is 2.36. The van der Waals surface area contributed by atoms with Crippen molar-refractivity contribution in [2.24, 2.45) is 0 Å². The van der Waals surface area contributed by atoms with E-state index in [1.807, 2.05) is 24.3 Å². The third kappa shape index (κ3) is 2.49. The second-order valence-corrected chi connectivity index (χ2v) is 6.30. The van der Waals surface area contributed by atoms with Gasteiger partial charge in [-0.2, -0.15) is 0 Å². The number of benzene rings is 1. The Morgan fingerprint density at radius 2 is 2.16 bits per heavy atom. The van der Waals surface area contributed by atoms with Crippen LogP contribution in [-0.4, -0.2) is 40.6 Å². The molecule has 4 nitrogen and oxygen atoms in total. The molecule has 1 heterocycles. The number of para-hydroxylation sites is 1. The van der Waals surface area contributed by atoms with Crippen LogP contribution in [0.5, 0.6) is 0 Å². The van der Waals surface area contributed by atoms with Gasteiger partial charge in [-0.25, -0.2) is 4.79 Å². The van der Waals surface area contributed by atoms with Crippen molar-refractivity contribution in [3.05, 3.63) is 28.7 Å². The van der Waals surface area contributed by atoms with Crippen LogP contribution in [0.25, 0.3) is 0 Å². The zero-order valence-electron chi connectivity index (χ0n) is 10.6. The Morgan fingerprint density at radius 1 is 1.42 bits per heavy atom. The molecule has 19 heavy (non-hydrogen) atoms. The molecular formula is C14H17BrN2O2. The number of hydrogen-bond donors (Lipinski definition) is 2. The van der Waals surface area contributed by atoms with Crippen molar-refractivity contribution >= 4 is 27.6 Å². The summed E-state index contributed by atoms with van der Waals surface area (Å²) < 4.78 is 0.903. The van der Waals surface area contributed by atoms with Crippen LogP contribution >= 0.6 is 15.9 Å². The number of nitrogens with one attached hydrogen (secondary N) is 1. The number of halogens is 1. The lowest BCUT2D eigenvalue weighted by molar-refractivity contribution is -0.141. The van der Waals surface area contributed by atoms with E-state index in [0.29, 0.717) is 19.0 Å². The van der Waals surface area contributed by atoms with Gasteiger partial charge in [0.25, 0.3) is 0 Å². The van der Waals surface area contributed by atoms with Gasteiger partial charge in [-0.15, -0.1) is 0 Å². The molecule has 1 aromatic rings. The highest BCUT2D eigenvalue weighted by molar-refractivity contribution is 9.10. The van der Waals surface area contributed by atoms with Crippen LogP contribution in [0.4, 0.5) is 5.69 Å². The van der Waals surface area contributed by atoms with E-state index in [-0.39, 0.29) is 0 Å². The number of aliphatic carboxylic acids is 1. The zero-order chi connectivity index (χ0) is 13.5.